The van der Waals surface area contributed by atoms with Crippen LogP contribution in [0.4, 0.5) is 23.1 Å². The molecule has 0 amide bonds. The van der Waals surface area contributed by atoms with Crippen molar-refractivity contribution in [1.29, 1.82) is 0 Å². The van der Waals surface area contributed by atoms with Gasteiger partial charge in [0.2, 0.25) is 11.8 Å². The molecule has 134 valence electrons. The highest BCUT2D eigenvalue weighted by molar-refractivity contribution is 6.30. The van der Waals surface area contributed by atoms with Gasteiger partial charge in [0.25, 0.3) is 0 Å². The maximum atomic E-state index is 11.2. The Morgan fingerprint density at radius 1 is 1.27 bits per heavy atom. The van der Waals surface area contributed by atoms with Gasteiger partial charge in [0.1, 0.15) is 6.20 Å². The van der Waals surface area contributed by atoms with Gasteiger partial charge in [-0.1, -0.05) is 11.6 Å². The van der Waals surface area contributed by atoms with Gasteiger partial charge in [-0.25, -0.2) is 4.98 Å². The predicted molar refractivity (Wildman–Crippen MR) is 101 cm³/mol. The maximum absolute atomic E-state index is 11.2. The molecule has 0 saturated heterocycles. The van der Waals surface area contributed by atoms with Crippen molar-refractivity contribution >= 4 is 34.7 Å². The van der Waals surface area contributed by atoms with Gasteiger partial charge in [-0.2, -0.15) is 4.98 Å². The molecule has 0 unspecified atom stereocenters. The third-order valence-corrected chi connectivity index (χ3v) is 4.04. The lowest BCUT2D eigenvalue weighted by atomic mass is 10.3. The van der Waals surface area contributed by atoms with E-state index in [0.717, 1.165) is 11.4 Å². The number of nitrogens with one attached hydrogen (secondary N) is 2. The lowest BCUT2D eigenvalue weighted by Gasteiger charge is -2.09. The van der Waals surface area contributed by atoms with E-state index < -0.39 is 4.92 Å². The van der Waals surface area contributed by atoms with Crippen molar-refractivity contribution in [3.05, 3.63) is 69.6 Å². The molecule has 0 bridgehead atoms. The topological polar surface area (TPSA) is 97.9 Å². The first-order valence-electron chi connectivity index (χ1n) is 7.91. The lowest BCUT2D eigenvalue weighted by molar-refractivity contribution is -0.384. The highest BCUT2D eigenvalue weighted by Gasteiger charge is 2.17. The molecule has 2 aromatic heterocycles. The molecule has 8 nitrogen and oxygen atoms in total. The molecule has 3 aromatic rings. The van der Waals surface area contributed by atoms with Crippen LogP contribution in [0.1, 0.15) is 5.69 Å². The number of halogens is 1. The van der Waals surface area contributed by atoms with Crippen LogP contribution >= 0.6 is 11.6 Å². The molecule has 0 radical (unpaired) electrons. The molecule has 2 N–H and O–H groups in total. The highest BCUT2D eigenvalue weighted by atomic mass is 35.5. The number of nitro groups is 1. The molecule has 26 heavy (non-hydrogen) atoms. The number of benzene rings is 1. The van der Waals surface area contributed by atoms with Gasteiger partial charge in [0.05, 0.1) is 4.92 Å². The molecular weight excluding hydrogens is 356 g/mol. The Labute approximate surface area is 155 Å². The molecule has 2 heterocycles. The van der Waals surface area contributed by atoms with Gasteiger partial charge in [0.15, 0.2) is 0 Å². The molecular formula is C17H17ClN6O2. The van der Waals surface area contributed by atoms with Crippen molar-refractivity contribution in [2.24, 2.45) is 7.05 Å². The molecule has 0 aliphatic carbocycles. The van der Waals surface area contributed by atoms with Gasteiger partial charge in [-0.05, 0) is 36.4 Å². The fraction of sp³-hybridized carbons (Fsp3) is 0.176. The fourth-order valence-corrected chi connectivity index (χ4v) is 2.55. The Balaban J connectivity index is 1.74. The molecule has 0 spiro atoms. The minimum atomic E-state index is -0.503. The largest absolute Gasteiger partial charge is 0.364 e. The van der Waals surface area contributed by atoms with Crippen molar-refractivity contribution in [2.75, 3.05) is 17.2 Å². The molecule has 3 rings (SSSR count). The van der Waals surface area contributed by atoms with Gasteiger partial charge >= 0.3 is 5.69 Å². The van der Waals surface area contributed by atoms with Gasteiger partial charge < -0.3 is 15.2 Å². The summed E-state index contributed by atoms with van der Waals surface area (Å²) in [7, 11) is 1.95. The van der Waals surface area contributed by atoms with E-state index in [0.29, 0.717) is 18.0 Å². The van der Waals surface area contributed by atoms with E-state index in [1.54, 1.807) is 24.3 Å². The van der Waals surface area contributed by atoms with Crippen LogP contribution < -0.4 is 10.6 Å². The van der Waals surface area contributed by atoms with E-state index in [9.17, 15) is 10.1 Å². The number of aromatic nitrogens is 3. The maximum Gasteiger partial charge on any atom is 0.329 e. The zero-order valence-corrected chi connectivity index (χ0v) is 14.8. The van der Waals surface area contributed by atoms with E-state index in [2.05, 4.69) is 20.6 Å². The standard InChI is InChI=1S/C17H17ClN6O2/c1-23-10-2-3-14(23)8-9-19-16-15(24(25)26)11-20-17(22-16)21-13-6-4-12(18)5-7-13/h2-7,10-11H,8-9H2,1H3,(H2,19,20,21,22). The molecule has 0 aliphatic rings. The number of rotatable bonds is 7. The third kappa shape index (κ3) is 4.28. The van der Waals surface area contributed by atoms with E-state index >= 15 is 0 Å². The van der Waals surface area contributed by atoms with Crippen LogP contribution in [0.15, 0.2) is 48.8 Å². The zero-order chi connectivity index (χ0) is 18.5. The van der Waals surface area contributed by atoms with E-state index in [-0.39, 0.29) is 17.5 Å². The van der Waals surface area contributed by atoms with Crippen LogP contribution in [0.5, 0.6) is 0 Å². The number of hydrogen-bond acceptors (Lipinski definition) is 6. The van der Waals surface area contributed by atoms with Gasteiger partial charge in [-0.3, -0.25) is 10.1 Å². The van der Waals surface area contributed by atoms with Crippen molar-refractivity contribution in [1.82, 2.24) is 14.5 Å². The average Bonchev–Trinajstić information content (AvgIpc) is 3.02. The normalized spacial score (nSPS) is 10.5. The Morgan fingerprint density at radius 3 is 2.69 bits per heavy atom. The summed E-state index contributed by atoms with van der Waals surface area (Å²) in [5.74, 6) is 0.440. The summed E-state index contributed by atoms with van der Waals surface area (Å²) < 4.78 is 2.00. The van der Waals surface area contributed by atoms with Crippen LogP contribution in [-0.4, -0.2) is 26.0 Å². The average molecular weight is 373 g/mol. The summed E-state index contributed by atoms with van der Waals surface area (Å²) in [6.45, 7) is 0.510. The smallest absolute Gasteiger partial charge is 0.329 e. The van der Waals surface area contributed by atoms with E-state index in [1.165, 1.54) is 6.20 Å². The summed E-state index contributed by atoms with van der Waals surface area (Å²) in [5, 5.41) is 17.9. The zero-order valence-electron chi connectivity index (χ0n) is 14.0. The van der Waals surface area contributed by atoms with Crippen LogP contribution in [0.2, 0.25) is 5.02 Å². The predicted octanol–water partition coefficient (Wildman–Crippen LogP) is 3.77. The second-order valence-corrected chi connectivity index (χ2v) is 6.04. The third-order valence-electron chi connectivity index (χ3n) is 3.79. The van der Waals surface area contributed by atoms with Crippen molar-refractivity contribution in [2.45, 2.75) is 6.42 Å². The summed E-state index contributed by atoms with van der Waals surface area (Å²) in [5.41, 5.74) is 1.69. The number of nitrogens with zero attached hydrogens (tertiary/aromatic N) is 4. The Kier molecular flexibility index (Phi) is 5.33. The molecule has 9 heteroatoms. The fourth-order valence-electron chi connectivity index (χ4n) is 2.43. The lowest BCUT2D eigenvalue weighted by Crippen LogP contribution is -2.11. The minimum Gasteiger partial charge on any atom is -0.364 e. The number of anilines is 3. The molecule has 0 atom stereocenters. The van der Waals surface area contributed by atoms with Crippen molar-refractivity contribution < 1.29 is 4.92 Å². The van der Waals surface area contributed by atoms with E-state index in [4.69, 9.17) is 11.6 Å². The highest BCUT2D eigenvalue weighted by Crippen LogP contribution is 2.24. The first kappa shape index (κ1) is 17.7. The van der Waals surface area contributed by atoms with Crippen LogP contribution in [-0.2, 0) is 13.5 Å². The Morgan fingerprint density at radius 2 is 2.04 bits per heavy atom. The summed E-state index contributed by atoms with van der Waals surface area (Å²) >= 11 is 5.86. The number of hydrogen-bond donors (Lipinski definition) is 2. The first-order chi connectivity index (χ1) is 12.5. The van der Waals surface area contributed by atoms with Crippen molar-refractivity contribution in [3.63, 3.8) is 0 Å². The molecule has 0 fully saturated rings. The van der Waals surface area contributed by atoms with Crippen LogP contribution in [0.3, 0.4) is 0 Å². The van der Waals surface area contributed by atoms with Gasteiger partial charge in [-0.15, -0.1) is 0 Å². The molecule has 1 aromatic carbocycles. The summed E-state index contributed by atoms with van der Waals surface area (Å²) in [6.07, 6.45) is 3.86. The first-order valence-corrected chi connectivity index (χ1v) is 8.29. The number of aryl methyl sites for hydroxylation is 1. The van der Waals surface area contributed by atoms with E-state index in [1.807, 2.05) is 29.9 Å². The quantitative estimate of drug-likeness (QED) is 0.484. The summed E-state index contributed by atoms with van der Waals surface area (Å²) in [4.78, 5) is 19.0. The Bertz CT molecular complexity index is 910. The Hall–Kier alpha value is -3.13. The van der Waals surface area contributed by atoms with Crippen LogP contribution in [0, 0.1) is 10.1 Å². The van der Waals surface area contributed by atoms with Crippen LogP contribution in [0.25, 0.3) is 0 Å². The minimum absolute atomic E-state index is 0.168. The van der Waals surface area contributed by atoms with Gasteiger partial charge in [0, 0.05) is 42.6 Å². The second-order valence-electron chi connectivity index (χ2n) is 5.60. The summed E-state index contributed by atoms with van der Waals surface area (Å²) in [6, 6.07) is 11.0. The molecule has 0 saturated carbocycles. The van der Waals surface area contributed by atoms with Crippen molar-refractivity contribution in [3.8, 4) is 0 Å². The SMILES string of the molecule is Cn1cccc1CCNc1nc(Nc2ccc(Cl)cc2)ncc1[N+](=O)[O-]. The molecule has 0 aliphatic heterocycles. The monoisotopic (exact) mass is 372 g/mol. The second kappa shape index (κ2) is 7.83.